The maximum absolute atomic E-state index is 12.1. The molecule has 1 saturated heterocycles. The molecule has 2 atom stereocenters. The highest BCUT2D eigenvalue weighted by Crippen LogP contribution is 2.25. The van der Waals surface area contributed by atoms with E-state index in [0.717, 1.165) is 17.3 Å². The van der Waals surface area contributed by atoms with E-state index >= 15 is 0 Å². The quantitative estimate of drug-likeness (QED) is 0.781. The van der Waals surface area contributed by atoms with Crippen LogP contribution in [0.4, 0.5) is 0 Å². The van der Waals surface area contributed by atoms with Crippen molar-refractivity contribution in [1.82, 2.24) is 4.90 Å². The number of piperidine rings is 1. The third-order valence-electron chi connectivity index (χ3n) is 3.47. The highest BCUT2D eigenvalue weighted by molar-refractivity contribution is 7.18. The Morgan fingerprint density at radius 3 is 2.88 bits per heavy atom. The molecule has 94 valence electrons. The number of nitrogens with zero attached hydrogens (tertiary/aromatic N) is 1. The molecule has 0 aromatic carbocycles. The molecule has 1 aromatic rings. The number of carbonyl (C=O) groups excluding carboxylic acids is 1. The Labute approximate surface area is 112 Å². The second kappa shape index (κ2) is 5.51. The molecule has 2 nitrogen and oxygen atoms in total. The molecule has 1 aliphatic rings. The largest absolute Gasteiger partial charge is 0.293 e. The molecular weight excluding hydrogens is 254 g/mol. The fourth-order valence-electron chi connectivity index (χ4n) is 2.42. The minimum atomic E-state index is 0.198. The van der Waals surface area contributed by atoms with Crippen molar-refractivity contribution < 1.29 is 4.79 Å². The van der Waals surface area contributed by atoms with Crippen LogP contribution in [0.1, 0.15) is 36.4 Å². The zero-order chi connectivity index (χ0) is 12.4. The van der Waals surface area contributed by atoms with E-state index in [1.165, 1.54) is 24.2 Å². The van der Waals surface area contributed by atoms with E-state index in [-0.39, 0.29) is 5.78 Å². The van der Waals surface area contributed by atoms with E-state index < -0.39 is 0 Å². The van der Waals surface area contributed by atoms with Crippen molar-refractivity contribution in [1.29, 1.82) is 0 Å². The van der Waals surface area contributed by atoms with Gasteiger partial charge in [0.1, 0.15) is 0 Å². The van der Waals surface area contributed by atoms with Crippen LogP contribution < -0.4 is 0 Å². The molecule has 0 saturated carbocycles. The lowest BCUT2D eigenvalue weighted by Gasteiger charge is -2.35. The van der Waals surface area contributed by atoms with Crippen molar-refractivity contribution >= 4 is 28.7 Å². The summed E-state index contributed by atoms with van der Waals surface area (Å²) >= 11 is 7.22. The first-order chi connectivity index (χ1) is 8.06. The molecular formula is C13H18ClNOS. The number of Topliss-reactive ketones (excluding diaryl/α,β-unsaturated/α-hetero) is 1. The first-order valence-electron chi connectivity index (χ1n) is 6.09. The van der Waals surface area contributed by atoms with Gasteiger partial charge in [-0.3, -0.25) is 9.69 Å². The summed E-state index contributed by atoms with van der Waals surface area (Å²) in [5.74, 6) is 0.982. The van der Waals surface area contributed by atoms with Crippen LogP contribution in [0.5, 0.6) is 0 Å². The monoisotopic (exact) mass is 271 g/mol. The molecule has 2 rings (SSSR count). The number of hydrogen-bond donors (Lipinski definition) is 0. The van der Waals surface area contributed by atoms with Crippen LogP contribution in [0.3, 0.4) is 0 Å². The Bertz CT molecular complexity index is 404. The van der Waals surface area contributed by atoms with Crippen LogP contribution in [0.2, 0.25) is 4.34 Å². The van der Waals surface area contributed by atoms with Gasteiger partial charge in [0.25, 0.3) is 0 Å². The van der Waals surface area contributed by atoms with Crippen LogP contribution in [-0.4, -0.2) is 29.8 Å². The highest BCUT2D eigenvalue weighted by atomic mass is 35.5. The average Bonchev–Trinajstić information content (AvgIpc) is 2.69. The topological polar surface area (TPSA) is 20.3 Å². The van der Waals surface area contributed by atoms with Crippen LogP contribution in [0, 0.1) is 5.92 Å². The van der Waals surface area contributed by atoms with E-state index in [9.17, 15) is 4.79 Å². The Hall–Kier alpha value is -0.380. The number of hydrogen-bond acceptors (Lipinski definition) is 3. The van der Waals surface area contributed by atoms with Gasteiger partial charge in [0.15, 0.2) is 5.78 Å². The van der Waals surface area contributed by atoms with Gasteiger partial charge in [0, 0.05) is 6.04 Å². The lowest BCUT2D eigenvalue weighted by atomic mass is 9.93. The number of thiophene rings is 1. The maximum atomic E-state index is 12.1. The zero-order valence-electron chi connectivity index (χ0n) is 10.3. The van der Waals surface area contributed by atoms with Crippen molar-refractivity contribution in [2.24, 2.45) is 5.92 Å². The van der Waals surface area contributed by atoms with E-state index in [1.807, 2.05) is 6.07 Å². The van der Waals surface area contributed by atoms with Crippen LogP contribution in [0.25, 0.3) is 0 Å². The second-order valence-corrected chi connectivity index (χ2v) is 6.69. The Kier molecular flexibility index (Phi) is 4.23. The summed E-state index contributed by atoms with van der Waals surface area (Å²) in [6.07, 6.45) is 2.39. The smallest absolute Gasteiger partial charge is 0.186 e. The Morgan fingerprint density at radius 2 is 2.29 bits per heavy atom. The van der Waals surface area contributed by atoms with Crippen molar-refractivity contribution in [3.05, 3.63) is 21.3 Å². The van der Waals surface area contributed by atoms with E-state index in [4.69, 9.17) is 11.6 Å². The Balaban J connectivity index is 1.95. The number of halogens is 1. The third kappa shape index (κ3) is 3.30. The predicted molar refractivity (Wildman–Crippen MR) is 73.1 cm³/mol. The van der Waals surface area contributed by atoms with Gasteiger partial charge in [-0.2, -0.15) is 0 Å². The second-order valence-electron chi connectivity index (χ2n) is 4.98. The van der Waals surface area contributed by atoms with Gasteiger partial charge >= 0.3 is 0 Å². The van der Waals surface area contributed by atoms with Crippen molar-refractivity contribution in [3.8, 4) is 0 Å². The van der Waals surface area contributed by atoms with E-state index in [1.54, 1.807) is 6.07 Å². The molecule has 0 radical (unpaired) electrons. The molecule has 17 heavy (non-hydrogen) atoms. The minimum Gasteiger partial charge on any atom is -0.293 e. The number of carbonyl (C=O) groups is 1. The molecule has 0 aliphatic carbocycles. The fraction of sp³-hybridized carbons (Fsp3) is 0.615. The normalized spacial score (nSPS) is 26.1. The number of likely N-dealkylation sites (tertiary alicyclic amines) is 1. The molecule has 1 aromatic heterocycles. The highest BCUT2D eigenvalue weighted by Gasteiger charge is 2.25. The molecule has 0 spiro atoms. The van der Waals surface area contributed by atoms with Crippen molar-refractivity contribution in [2.75, 3.05) is 13.1 Å². The van der Waals surface area contributed by atoms with Gasteiger partial charge in [-0.1, -0.05) is 18.5 Å². The molecule has 4 heteroatoms. The standard InChI is InChI=1S/C13H18ClNOS/c1-9-5-6-15(10(2)7-9)8-11(16)12-3-4-13(14)17-12/h3-4,9-10H,5-8H2,1-2H3. The van der Waals surface area contributed by atoms with Crippen molar-refractivity contribution in [2.45, 2.75) is 32.7 Å². The zero-order valence-corrected chi connectivity index (χ0v) is 11.9. The lowest BCUT2D eigenvalue weighted by Crippen LogP contribution is -2.42. The molecule has 0 N–H and O–H groups in total. The summed E-state index contributed by atoms with van der Waals surface area (Å²) in [5.41, 5.74) is 0. The Morgan fingerprint density at radius 1 is 1.53 bits per heavy atom. The van der Waals surface area contributed by atoms with Crippen LogP contribution >= 0.6 is 22.9 Å². The fourth-order valence-corrected chi connectivity index (χ4v) is 3.39. The van der Waals surface area contributed by atoms with Gasteiger partial charge in [0.05, 0.1) is 15.8 Å². The van der Waals surface area contributed by atoms with Gasteiger partial charge in [0.2, 0.25) is 0 Å². The van der Waals surface area contributed by atoms with Gasteiger partial charge in [-0.25, -0.2) is 0 Å². The van der Waals surface area contributed by atoms with Crippen molar-refractivity contribution in [3.63, 3.8) is 0 Å². The van der Waals surface area contributed by atoms with E-state index in [2.05, 4.69) is 18.7 Å². The summed E-state index contributed by atoms with van der Waals surface area (Å²) in [6.45, 7) is 6.07. The summed E-state index contributed by atoms with van der Waals surface area (Å²) in [6, 6.07) is 4.13. The molecule has 2 heterocycles. The number of ketones is 1. The molecule has 1 aliphatic heterocycles. The third-order valence-corrected chi connectivity index (χ3v) is 4.74. The molecule has 0 amide bonds. The maximum Gasteiger partial charge on any atom is 0.186 e. The average molecular weight is 272 g/mol. The summed E-state index contributed by atoms with van der Waals surface area (Å²) in [4.78, 5) is 15.1. The van der Waals surface area contributed by atoms with Crippen LogP contribution in [0.15, 0.2) is 12.1 Å². The van der Waals surface area contributed by atoms with E-state index in [0.29, 0.717) is 16.9 Å². The first kappa shape index (κ1) is 13.1. The van der Waals surface area contributed by atoms with Gasteiger partial charge in [-0.15, -0.1) is 11.3 Å². The predicted octanol–water partition coefficient (Wildman–Crippen LogP) is 3.70. The number of rotatable bonds is 3. The summed E-state index contributed by atoms with van der Waals surface area (Å²) in [5, 5.41) is 0. The summed E-state index contributed by atoms with van der Waals surface area (Å²) < 4.78 is 0.689. The molecule has 1 fully saturated rings. The SMILES string of the molecule is CC1CCN(CC(=O)c2ccc(Cl)s2)C(C)C1. The van der Waals surface area contributed by atoms with Gasteiger partial charge < -0.3 is 0 Å². The van der Waals surface area contributed by atoms with Crippen LogP contribution in [-0.2, 0) is 0 Å². The molecule has 2 unspecified atom stereocenters. The summed E-state index contributed by atoms with van der Waals surface area (Å²) in [7, 11) is 0. The minimum absolute atomic E-state index is 0.198. The first-order valence-corrected chi connectivity index (χ1v) is 7.28. The van der Waals surface area contributed by atoms with Gasteiger partial charge in [-0.05, 0) is 44.4 Å². The lowest BCUT2D eigenvalue weighted by molar-refractivity contribution is 0.0820. The molecule has 0 bridgehead atoms.